The summed E-state index contributed by atoms with van der Waals surface area (Å²) in [5, 5.41) is 2.80. The average Bonchev–Trinajstić information content (AvgIpc) is 3.40. The van der Waals surface area contributed by atoms with E-state index < -0.39 is 11.7 Å². The monoisotopic (exact) mass is 535 g/mol. The number of alkyl carbamates (subject to hydrolysis) is 1. The maximum Gasteiger partial charge on any atom is 0.407 e. The number of aryl methyl sites for hydroxylation is 1. The number of carbonyl (C=O) groups excluding carboxylic acids is 3. The second-order valence-corrected chi connectivity index (χ2v) is 11.0. The molecule has 1 aliphatic heterocycles. The van der Waals surface area contributed by atoms with Crippen molar-refractivity contribution in [1.29, 1.82) is 0 Å². The molecule has 2 heterocycles. The topological polar surface area (TPSA) is 97.8 Å². The zero-order valence-corrected chi connectivity index (χ0v) is 23.0. The van der Waals surface area contributed by atoms with Crippen molar-refractivity contribution in [1.82, 2.24) is 15.2 Å². The van der Waals surface area contributed by atoms with Gasteiger partial charge in [0.1, 0.15) is 11.4 Å². The summed E-state index contributed by atoms with van der Waals surface area (Å²) in [6.45, 7) is 8.56. The maximum atomic E-state index is 12.5. The molecular weight excluding hydrogens is 502 g/mol. The smallest absolute Gasteiger partial charge is 0.407 e. The summed E-state index contributed by atoms with van der Waals surface area (Å²) < 4.78 is 11.5. The lowest BCUT2D eigenvalue weighted by Gasteiger charge is -2.20. The van der Waals surface area contributed by atoms with E-state index in [1.807, 2.05) is 51.4 Å². The number of unbranched alkanes of at least 4 members (excludes halogenated alkanes) is 2. The van der Waals surface area contributed by atoms with E-state index in [2.05, 4.69) is 10.3 Å². The number of nitrogens with zero attached hydrogens (tertiary/aromatic N) is 2. The number of nitrogens with one attached hydrogen (secondary N) is 1. The fraction of sp³-hybridized carbons (Fsp3) is 0.379. The lowest BCUT2D eigenvalue weighted by molar-refractivity contribution is 0.0522. The Kier molecular flexibility index (Phi) is 8.46. The van der Waals surface area contributed by atoms with Crippen molar-refractivity contribution < 1.29 is 23.9 Å². The zero-order valence-electron chi connectivity index (χ0n) is 22.2. The number of hydrogen-bond donors (Lipinski definition) is 1. The molecule has 2 aromatic carbocycles. The number of carbonyl (C=O) groups is 3. The van der Waals surface area contributed by atoms with Gasteiger partial charge in [-0.15, -0.1) is 11.3 Å². The lowest BCUT2D eigenvalue weighted by atomic mass is 10.1. The molecule has 8 nitrogen and oxygen atoms in total. The first kappa shape index (κ1) is 27.3. The molecular formula is C29H33N3O5S. The molecule has 0 atom stereocenters. The molecule has 0 bridgehead atoms. The number of aromatic nitrogens is 1. The third kappa shape index (κ3) is 6.58. The van der Waals surface area contributed by atoms with Gasteiger partial charge in [-0.1, -0.05) is 24.3 Å². The van der Waals surface area contributed by atoms with Crippen LogP contribution in [0.15, 0.2) is 48.0 Å². The molecule has 3 aromatic rings. The van der Waals surface area contributed by atoms with E-state index in [1.165, 1.54) is 4.90 Å². The zero-order chi connectivity index (χ0) is 27.3. The summed E-state index contributed by atoms with van der Waals surface area (Å²) in [5.41, 5.74) is 4.99. The lowest BCUT2D eigenvalue weighted by Crippen LogP contribution is -2.32. The SMILES string of the molecule is Cc1ncsc1-c1ccc(CNC(=O)OC(C)(C)C)c(OCCCCCN2C(=O)c3ccccc3C2=O)c1. The van der Waals surface area contributed by atoms with Gasteiger partial charge in [-0.05, 0) is 70.7 Å². The molecule has 4 rings (SSSR count). The number of hydrogen-bond acceptors (Lipinski definition) is 7. The maximum absolute atomic E-state index is 12.5. The van der Waals surface area contributed by atoms with Gasteiger partial charge in [-0.25, -0.2) is 9.78 Å². The normalized spacial score (nSPS) is 13.0. The minimum absolute atomic E-state index is 0.223. The Morgan fingerprint density at radius 1 is 1.03 bits per heavy atom. The van der Waals surface area contributed by atoms with Gasteiger partial charge in [0.05, 0.1) is 33.8 Å². The van der Waals surface area contributed by atoms with Crippen LogP contribution in [0, 0.1) is 6.92 Å². The Bertz CT molecular complexity index is 1290. The van der Waals surface area contributed by atoms with Gasteiger partial charge >= 0.3 is 6.09 Å². The highest BCUT2D eigenvalue weighted by Gasteiger charge is 2.34. The average molecular weight is 536 g/mol. The first-order chi connectivity index (χ1) is 18.1. The minimum Gasteiger partial charge on any atom is -0.493 e. The Hall–Kier alpha value is -3.72. The van der Waals surface area contributed by atoms with Crippen LogP contribution in [-0.4, -0.2) is 46.5 Å². The van der Waals surface area contributed by atoms with Crippen molar-refractivity contribution in [3.8, 4) is 16.2 Å². The van der Waals surface area contributed by atoms with Crippen molar-refractivity contribution in [3.63, 3.8) is 0 Å². The van der Waals surface area contributed by atoms with Crippen LogP contribution in [0.3, 0.4) is 0 Å². The second-order valence-electron chi connectivity index (χ2n) is 10.2. The number of fused-ring (bicyclic) bond motifs is 1. The molecule has 0 fully saturated rings. The molecule has 0 aliphatic carbocycles. The van der Waals surface area contributed by atoms with Crippen LogP contribution in [0.4, 0.5) is 4.79 Å². The van der Waals surface area contributed by atoms with E-state index in [9.17, 15) is 14.4 Å². The van der Waals surface area contributed by atoms with E-state index in [4.69, 9.17) is 9.47 Å². The summed E-state index contributed by atoms with van der Waals surface area (Å²) in [4.78, 5) is 44.0. The van der Waals surface area contributed by atoms with Crippen LogP contribution in [0.2, 0.25) is 0 Å². The number of amides is 3. The Morgan fingerprint density at radius 3 is 2.37 bits per heavy atom. The van der Waals surface area contributed by atoms with E-state index in [-0.39, 0.29) is 18.4 Å². The highest BCUT2D eigenvalue weighted by atomic mass is 32.1. The molecule has 0 unspecified atom stereocenters. The van der Waals surface area contributed by atoms with Crippen molar-refractivity contribution in [3.05, 3.63) is 70.4 Å². The quantitative estimate of drug-likeness (QED) is 0.253. The second kappa shape index (κ2) is 11.8. The van der Waals surface area contributed by atoms with Crippen LogP contribution in [-0.2, 0) is 11.3 Å². The highest BCUT2D eigenvalue weighted by Crippen LogP contribution is 2.32. The van der Waals surface area contributed by atoms with Gasteiger partial charge in [0.2, 0.25) is 0 Å². The van der Waals surface area contributed by atoms with Gasteiger partial charge in [0.25, 0.3) is 11.8 Å². The summed E-state index contributed by atoms with van der Waals surface area (Å²) >= 11 is 1.57. The number of thiazole rings is 1. The van der Waals surface area contributed by atoms with E-state index in [1.54, 1.807) is 35.6 Å². The van der Waals surface area contributed by atoms with Gasteiger partial charge in [0.15, 0.2) is 0 Å². The highest BCUT2D eigenvalue weighted by molar-refractivity contribution is 7.13. The first-order valence-electron chi connectivity index (χ1n) is 12.7. The number of ether oxygens (including phenoxy) is 2. The third-order valence-corrected chi connectivity index (χ3v) is 7.04. The Labute approximate surface area is 227 Å². The van der Waals surface area contributed by atoms with Crippen LogP contribution in [0.5, 0.6) is 5.75 Å². The summed E-state index contributed by atoms with van der Waals surface area (Å²) in [6, 6.07) is 12.9. The fourth-order valence-electron chi connectivity index (χ4n) is 4.21. The van der Waals surface area contributed by atoms with Gasteiger partial charge in [0, 0.05) is 18.7 Å². The summed E-state index contributed by atoms with van der Waals surface area (Å²) in [5.74, 6) is 0.241. The van der Waals surface area contributed by atoms with Crippen molar-refractivity contribution in [2.45, 2.75) is 59.1 Å². The van der Waals surface area contributed by atoms with Crippen LogP contribution >= 0.6 is 11.3 Å². The molecule has 1 aromatic heterocycles. The van der Waals surface area contributed by atoms with Gasteiger partial charge in [-0.2, -0.15) is 0 Å². The standard InChI is InChI=1S/C29H33N3O5S/c1-19-25(38-18-31-19)20-12-13-21(17-30-28(35)37-29(2,3)4)24(16-20)36-15-9-5-8-14-32-26(33)22-10-6-7-11-23(22)27(32)34/h6-7,10-13,16,18H,5,8-9,14-15,17H2,1-4H3,(H,30,35). The molecule has 38 heavy (non-hydrogen) atoms. The molecule has 1 aliphatic rings. The molecule has 0 saturated heterocycles. The molecule has 0 radical (unpaired) electrons. The van der Waals surface area contributed by atoms with E-state index in [0.717, 1.165) is 34.5 Å². The van der Waals surface area contributed by atoms with Gasteiger partial charge in [-0.3, -0.25) is 14.5 Å². The Balaban J connectivity index is 1.32. The van der Waals surface area contributed by atoms with Crippen LogP contribution < -0.4 is 10.1 Å². The van der Waals surface area contributed by atoms with Gasteiger partial charge < -0.3 is 14.8 Å². The molecule has 3 amide bonds. The molecule has 9 heteroatoms. The number of benzene rings is 2. The predicted octanol–water partition coefficient (Wildman–Crippen LogP) is 5.99. The summed E-state index contributed by atoms with van der Waals surface area (Å²) in [6.07, 6.45) is 1.76. The van der Waals surface area contributed by atoms with Crippen molar-refractivity contribution in [2.24, 2.45) is 0 Å². The molecule has 0 saturated carbocycles. The van der Waals surface area contributed by atoms with E-state index in [0.29, 0.717) is 36.4 Å². The number of rotatable bonds is 10. The molecule has 0 spiro atoms. The van der Waals surface area contributed by atoms with Crippen molar-refractivity contribution >= 4 is 29.2 Å². The summed E-state index contributed by atoms with van der Waals surface area (Å²) in [7, 11) is 0. The van der Waals surface area contributed by atoms with E-state index >= 15 is 0 Å². The predicted molar refractivity (Wildman–Crippen MR) is 147 cm³/mol. The molecule has 1 N–H and O–H groups in total. The minimum atomic E-state index is -0.579. The number of imide groups is 1. The largest absolute Gasteiger partial charge is 0.493 e. The first-order valence-corrected chi connectivity index (χ1v) is 13.6. The third-order valence-electron chi connectivity index (χ3n) is 6.06. The van der Waals surface area contributed by atoms with Crippen LogP contribution in [0.1, 0.15) is 72.0 Å². The van der Waals surface area contributed by atoms with Crippen molar-refractivity contribution in [2.75, 3.05) is 13.2 Å². The Morgan fingerprint density at radius 2 is 1.74 bits per heavy atom. The molecule has 200 valence electrons. The van der Waals surface area contributed by atoms with Crippen LogP contribution in [0.25, 0.3) is 10.4 Å². The fourth-order valence-corrected chi connectivity index (χ4v) is 5.01.